The predicted molar refractivity (Wildman–Crippen MR) is 107 cm³/mol. The van der Waals surface area contributed by atoms with Crippen molar-refractivity contribution < 1.29 is 19.1 Å². The van der Waals surface area contributed by atoms with Crippen LogP contribution in [-0.4, -0.2) is 49.6 Å². The van der Waals surface area contributed by atoms with E-state index in [0.29, 0.717) is 41.4 Å². The number of carbonyl (C=O) groups is 2. The number of hydrogen-bond donors (Lipinski definition) is 1. The molecule has 0 aliphatic carbocycles. The second-order valence-corrected chi connectivity index (χ2v) is 7.06. The van der Waals surface area contributed by atoms with E-state index < -0.39 is 6.04 Å². The predicted octanol–water partition coefficient (Wildman–Crippen LogP) is 2.70. The molecule has 29 heavy (non-hydrogen) atoms. The molecular formula is C22H23N3O4. The Morgan fingerprint density at radius 2 is 1.83 bits per heavy atom. The number of nitrogens with one attached hydrogen (secondary N) is 1. The molecule has 0 fully saturated rings. The lowest BCUT2D eigenvalue weighted by molar-refractivity contribution is -0.126. The number of nitrogens with zero attached hydrogens (tertiary/aromatic N) is 2. The summed E-state index contributed by atoms with van der Waals surface area (Å²) in [7, 11) is 4.82. The quantitative estimate of drug-likeness (QED) is 0.848. The number of benzene rings is 2. The van der Waals surface area contributed by atoms with Crippen molar-refractivity contribution in [1.29, 1.82) is 0 Å². The van der Waals surface area contributed by atoms with E-state index in [0.717, 1.165) is 5.56 Å². The zero-order valence-corrected chi connectivity index (χ0v) is 16.6. The molecule has 2 aliphatic rings. The normalized spacial score (nSPS) is 18.7. The molecule has 1 atom stereocenters. The van der Waals surface area contributed by atoms with Crippen LogP contribution in [0.1, 0.15) is 17.2 Å². The number of ether oxygens (including phenoxy) is 2. The molecule has 1 N–H and O–H groups in total. The summed E-state index contributed by atoms with van der Waals surface area (Å²) in [6.07, 6.45) is 0. The fourth-order valence-corrected chi connectivity index (χ4v) is 3.85. The summed E-state index contributed by atoms with van der Waals surface area (Å²) in [4.78, 5) is 29.3. The van der Waals surface area contributed by atoms with Crippen LogP contribution in [0.5, 0.6) is 11.5 Å². The third-order valence-electron chi connectivity index (χ3n) is 5.40. The SMILES string of the molecule is COc1ccc(OC)c(C2NC(=O)N(C)C3=C2C(=O)N(Cc2ccccc2)C3)c1. The van der Waals surface area contributed by atoms with Crippen molar-refractivity contribution >= 4 is 11.9 Å². The van der Waals surface area contributed by atoms with Crippen LogP contribution in [0.25, 0.3) is 0 Å². The first-order valence-corrected chi connectivity index (χ1v) is 9.36. The lowest BCUT2D eigenvalue weighted by atomic mass is 9.94. The zero-order valence-electron chi connectivity index (χ0n) is 16.6. The Morgan fingerprint density at radius 3 is 2.52 bits per heavy atom. The topological polar surface area (TPSA) is 71.1 Å². The molecule has 1 unspecified atom stereocenters. The average Bonchev–Trinajstić information content (AvgIpc) is 3.07. The van der Waals surface area contributed by atoms with Crippen molar-refractivity contribution in [3.8, 4) is 11.5 Å². The van der Waals surface area contributed by atoms with E-state index in [9.17, 15) is 9.59 Å². The van der Waals surface area contributed by atoms with Gasteiger partial charge in [-0.3, -0.25) is 9.69 Å². The molecule has 2 heterocycles. The van der Waals surface area contributed by atoms with Crippen molar-refractivity contribution in [2.24, 2.45) is 0 Å². The largest absolute Gasteiger partial charge is 0.497 e. The zero-order chi connectivity index (χ0) is 20.5. The van der Waals surface area contributed by atoms with Crippen molar-refractivity contribution in [1.82, 2.24) is 15.1 Å². The molecule has 2 aromatic carbocycles. The van der Waals surface area contributed by atoms with Gasteiger partial charge in [-0.2, -0.15) is 0 Å². The number of carbonyl (C=O) groups excluding carboxylic acids is 2. The molecule has 2 aliphatic heterocycles. The molecule has 0 spiro atoms. The van der Waals surface area contributed by atoms with E-state index in [-0.39, 0.29) is 11.9 Å². The lowest BCUT2D eigenvalue weighted by Gasteiger charge is -2.31. The molecule has 0 saturated heterocycles. The van der Waals surface area contributed by atoms with Crippen LogP contribution in [0.4, 0.5) is 4.79 Å². The summed E-state index contributed by atoms with van der Waals surface area (Å²) in [5, 5.41) is 2.94. The Bertz CT molecular complexity index is 987. The second-order valence-electron chi connectivity index (χ2n) is 7.06. The maximum absolute atomic E-state index is 13.4. The smallest absolute Gasteiger partial charge is 0.322 e. The molecule has 7 heteroatoms. The van der Waals surface area contributed by atoms with Crippen molar-refractivity contribution in [2.75, 3.05) is 27.8 Å². The van der Waals surface area contributed by atoms with Crippen LogP contribution in [-0.2, 0) is 11.3 Å². The molecular weight excluding hydrogens is 370 g/mol. The number of likely N-dealkylation sites (N-methyl/N-ethyl adjacent to an activating group) is 1. The van der Waals surface area contributed by atoms with Crippen LogP contribution < -0.4 is 14.8 Å². The maximum Gasteiger partial charge on any atom is 0.322 e. The summed E-state index contributed by atoms with van der Waals surface area (Å²) >= 11 is 0. The Hall–Kier alpha value is -3.48. The van der Waals surface area contributed by atoms with E-state index in [2.05, 4.69) is 5.32 Å². The molecule has 0 bridgehead atoms. The fraction of sp³-hybridized carbons (Fsp3) is 0.273. The molecule has 150 valence electrons. The third kappa shape index (κ3) is 3.29. The van der Waals surface area contributed by atoms with E-state index in [1.807, 2.05) is 30.3 Å². The number of hydrogen-bond acceptors (Lipinski definition) is 4. The van der Waals surface area contributed by atoms with Crippen molar-refractivity contribution in [2.45, 2.75) is 12.6 Å². The van der Waals surface area contributed by atoms with E-state index in [1.165, 1.54) is 4.90 Å². The lowest BCUT2D eigenvalue weighted by Crippen LogP contribution is -2.45. The molecule has 0 saturated carbocycles. The van der Waals surface area contributed by atoms with Gasteiger partial charge in [-0.1, -0.05) is 30.3 Å². The minimum absolute atomic E-state index is 0.0921. The van der Waals surface area contributed by atoms with Gasteiger partial charge >= 0.3 is 6.03 Å². The fourth-order valence-electron chi connectivity index (χ4n) is 3.85. The monoisotopic (exact) mass is 393 g/mol. The minimum Gasteiger partial charge on any atom is -0.497 e. The highest BCUT2D eigenvalue weighted by Gasteiger charge is 2.43. The number of amides is 3. The number of rotatable bonds is 5. The maximum atomic E-state index is 13.4. The molecule has 4 rings (SSSR count). The van der Waals surface area contributed by atoms with Crippen LogP contribution >= 0.6 is 0 Å². The second kappa shape index (κ2) is 7.50. The van der Waals surface area contributed by atoms with Gasteiger partial charge in [-0.15, -0.1) is 0 Å². The van der Waals surface area contributed by atoms with Crippen LogP contribution in [0.3, 0.4) is 0 Å². The Balaban J connectivity index is 1.73. The Morgan fingerprint density at radius 1 is 1.07 bits per heavy atom. The van der Waals surface area contributed by atoms with Gasteiger partial charge in [0.15, 0.2) is 0 Å². The Kier molecular flexibility index (Phi) is 4.88. The summed E-state index contributed by atoms with van der Waals surface area (Å²) in [6, 6.07) is 14.3. The van der Waals surface area contributed by atoms with Crippen molar-refractivity contribution in [3.05, 3.63) is 70.9 Å². The number of urea groups is 1. The molecule has 0 aromatic heterocycles. The van der Waals surface area contributed by atoms with E-state index >= 15 is 0 Å². The standard InChI is InChI=1S/C22H23N3O4/c1-24-17-13-25(12-14-7-5-4-6-8-14)21(26)19(17)20(23-22(24)27)16-11-15(28-2)9-10-18(16)29-3/h4-11,20H,12-13H2,1-3H3,(H,23,27). The number of methoxy groups -OCH3 is 2. The van der Waals surface area contributed by atoms with Gasteiger partial charge in [0.2, 0.25) is 0 Å². The van der Waals surface area contributed by atoms with Crippen molar-refractivity contribution in [3.63, 3.8) is 0 Å². The molecule has 2 aromatic rings. The van der Waals surface area contributed by atoms with Gasteiger partial charge in [-0.05, 0) is 23.8 Å². The summed E-state index contributed by atoms with van der Waals surface area (Å²) in [5.41, 5.74) is 3.01. The summed E-state index contributed by atoms with van der Waals surface area (Å²) < 4.78 is 10.8. The first-order chi connectivity index (χ1) is 14.0. The highest BCUT2D eigenvalue weighted by Crippen LogP contribution is 2.40. The van der Waals surface area contributed by atoms with Gasteiger partial charge < -0.3 is 19.7 Å². The molecule has 3 amide bonds. The molecule has 7 nitrogen and oxygen atoms in total. The third-order valence-corrected chi connectivity index (χ3v) is 5.40. The summed E-state index contributed by atoms with van der Waals surface area (Å²) in [5.74, 6) is 1.12. The first-order valence-electron chi connectivity index (χ1n) is 9.36. The van der Waals surface area contributed by atoms with Gasteiger partial charge in [0.05, 0.1) is 38.1 Å². The van der Waals surface area contributed by atoms with E-state index in [4.69, 9.17) is 9.47 Å². The van der Waals surface area contributed by atoms with Gasteiger partial charge in [0.1, 0.15) is 11.5 Å². The first kappa shape index (κ1) is 18.9. The highest BCUT2D eigenvalue weighted by molar-refractivity contribution is 6.01. The Labute approximate surface area is 169 Å². The van der Waals surface area contributed by atoms with E-state index in [1.54, 1.807) is 44.4 Å². The van der Waals surface area contributed by atoms with Gasteiger partial charge in [0, 0.05) is 19.2 Å². The minimum atomic E-state index is -0.605. The average molecular weight is 393 g/mol. The van der Waals surface area contributed by atoms with Gasteiger partial charge in [-0.25, -0.2) is 4.79 Å². The van der Waals surface area contributed by atoms with Gasteiger partial charge in [0.25, 0.3) is 5.91 Å². The van der Waals surface area contributed by atoms with Crippen LogP contribution in [0, 0.1) is 0 Å². The van der Waals surface area contributed by atoms with Crippen LogP contribution in [0.2, 0.25) is 0 Å². The molecule has 0 radical (unpaired) electrons. The van der Waals surface area contributed by atoms with Crippen LogP contribution in [0.15, 0.2) is 59.8 Å². The highest BCUT2D eigenvalue weighted by atomic mass is 16.5. The summed E-state index contributed by atoms with van der Waals surface area (Å²) in [6.45, 7) is 0.867.